The van der Waals surface area contributed by atoms with E-state index in [4.69, 9.17) is 23.7 Å². The zero-order valence-corrected chi connectivity index (χ0v) is 17.2. The third-order valence-corrected chi connectivity index (χ3v) is 3.93. The normalized spacial score (nSPS) is 10.9. The molecule has 0 aromatic heterocycles. The fraction of sp³-hybridized carbons (Fsp3) is 0.478. The van der Waals surface area contributed by atoms with E-state index in [0.29, 0.717) is 39.6 Å². The summed E-state index contributed by atoms with van der Waals surface area (Å²) < 4.78 is 28.0. The maximum atomic E-state index is 5.74. The molecule has 0 radical (unpaired) electrons. The molecule has 0 saturated carbocycles. The van der Waals surface area contributed by atoms with Crippen molar-refractivity contribution in [3.05, 3.63) is 54.1 Å². The van der Waals surface area contributed by atoms with E-state index in [1.807, 2.05) is 50.2 Å². The second-order valence-electron chi connectivity index (χ2n) is 6.55. The van der Waals surface area contributed by atoms with E-state index in [0.717, 1.165) is 23.7 Å². The van der Waals surface area contributed by atoms with Gasteiger partial charge in [-0.1, -0.05) is 25.1 Å². The van der Waals surface area contributed by atoms with Crippen molar-refractivity contribution in [2.24, 2.45) is 0 Å². The number of rotatable bonds is 14. The van der Waals surface area contributed by atoms with Crippen molar-refractivity contribution in [3.63, 3.8) is 0 Å². The largest absolute Gasteiger partial charge is 0.491 e. The van der Waals surface area contributed by atoms with Crippen LogP contribution in [0.15, 0.2) is 48.5 Å². The molecular weight excluding hydrogens is 356 g/mol. The molecular formula is C23H32O5. The topological polar surface area (TPSA) is 46.2 Å². The zero-order valence-electron chi connectivity index (χ0n) is 17.2. The Hall–Kier alpha value is -2.24. The molecule has 2 aromatic rings. The average Bonchev–Trinajstić information content (AvgIpc) is 2.71. The van der Waals surface area contributed by atoms with Crippen molar-refractivity contribution in [3.8, 4) is 17.2 Å². The highest BCUT2D eigenvalue weighted by Gasteiger charge is 2.00. The third-order valence-electron chi connectivity index (χ3n) is 3.93. The van der Waals surface area contributed by atoms with Gasteiger partial charge >= 0.3 is 0 Å². The van der Waals surface area contributed by atoms with Crippen LogP contribution in [0.3, 0.4) is 0 Å². The number of ether oxygens (including phenoxy) is 5. The summed E-state index contributed by atoms with van der Waals surface area (Å²) >= 11 is 0. The van der Waals surface area contributed by atoms with Crippen LogP contribution >= 0.6 is 0 Å². The lowest BCUT2D eigenvalue weighted by Gasteiger charge is -2.11. The lowest BCUT2D eigenvalue weighted by Crippen LogP contribution is -2.13. The summed E-state index contributed by atoms with van der Waals surface area (Å²) in [4.78, 5) is 0. The summed E-state index contributed by atoms with van der Waals surface area (Å²) in [5, 5.41) is 0. The lowest BCUT2D eigenvalue weighted by atomic mass is 10.2. The Labute approximate surface area is 168 Å². The van der Waals surface area contributed by atoms with E-state index in [-0.39, 0.29) is 6.10 Å². The summed E-state index contributed by atoms with van der Waals surface area (Å²) in [6.45, 7) is 9.30. The van der Waals surface area contributed by atoms with Crippen molar-refractivity contribution in [1.82, 2.24) is 0 Å². The highest BCUT2D eigenvalue weighted by atomic mass is 16.5. The van der Waals surface area contributed by atoms with Crippen molar-refractivity contribution in [2.75, 3.05) is 39.6 Å². The van der Waals surface area contributed by atoms with Crippen LogP contribution in [0.1, 0.15) is 26.3 Å². The first kappa shape index (κ1) is 22.1. The molecule has 5 nitrogen and oxygen atoms in total. The minimum Gasteiger partial charge on any atom is -0.491 e. The van der Waals surface area contributed by atoms with Gasteiger partial charge in [0.25, 0.3) is 0 Å². The maximum absolute atomic E-state index is 5.74. The predicted octanol–water partition coefficient (Wildman–Crippen LogP) is 4.53. The van der Waals surface area contributed by atoms with E-state index in [1.165, 1.54) is 5.56 Å². The first-order valence-electron chi connectivity index (χ1n) is 9.94. The van der Waals surface area contributed by atoms with Crippen LogP contribution in [0, 0.1) is 0 Å². The molecule has 28 heavy (non-hydrogen) atoms. The summed E-state index contributed by atoms with van der Waals surface area (Å²) in [6, 6.07) is 15.7. The van der Waals surface area contributed by atoms with Gasteiger partial charge < -0.3 is 23.7 Å². The van der Waals surface area contributed by atoms with E-state index in [1.54, 1.807) is 0 Å². The quantitative estimate of drug-likeness (QED) is 0.445. The van der Waals surface area contributed by atoms with Gasteiger partial charge in [-0.25, -0.2) is 0 Å². The lowest BCUT2D eigenvalue weighted by molar-refractivity contribution is 0.0124. The van der Waals surface area contributed by atoms with Gasteiger partial charge in [-0.2, -0.15) is 0 Å². The van der Waals surface area contributed by atoms with Gasteiger partial charge in [-0.05, 0) is 50.1 Å². The fourth-order valence-corrected chi connectivity index (χ4v) is 2.46. The fourth-order valence-electron chi connectivity index (χ4n) is 2.46. The number of hydrogen-bond donors (Lipinski definition) is 0. The standard InChI is InChI=1S/C23H32O5/c1-4-20-8-10-21(11-9-20)26-16-17-28-23-7-5-6-22(18-23)27-15-13-24-12-14-25-19(2)3/h5-11,18-19H,4,12-17H2,1-3H3. The monoisotopic (exact) mass is 388 g/mol. The Morgan fingerprint density at radius 1 is 0.679 bits per heavy atom. The van der Waals surface area contributed by atoms with E-state index in [9.17, 15) is 0 Å². The molecule has 0 saturated heterocycles. The van der Waals surface area contributed by atoms with Crippen molar-refractivity contribution in [1.29, 1.82) is 0 Å². The van der Waals surface area contributed by atoms with Crippen LogP contribution in [-0.2, 0) is 15.9 Å². The Bertz CT molecular complexity index is 654. The molecule has 0 aliphatic heterocycles. The van der Waals surface area contributed by atoms with Gasteiger partial charge in [0, 0.05) is 6.07 Å². The van der Waals surface area contributed by atoms with Crippen LogP contribution in [0.2, 0.25) is 0 Å². The highest BCUT2D eigenvalue weighted by molar-refractivity contribution is 5.33. The van der Waals surface area contributed by atoms with Crippen molar-refractivity contribution >= 4 is 0 Å². The number of aryl methyl sites for hydroxylation is 1. The van der Waals surface area contributed by atoms with Gasteiger partial charge in [0.2, 0.25) is 0 Å². The van der Waals surface area contributed by atoms with Crippen LogP contribution in [0.5, 0.6) is 17.2 Å². The van der Waals surface area contributed by atoms with Crippen LogP contribution < -0.4 is 14.2 Å². The predicted molar refractivity (Wildman–Crippen MR) is 111 cm³/mol. The number of hydrogen-bond acceptors (Lipinski definition) is 5. The molecule has 0 N–H and O–H groups in total. The minimum atomic E-state index is 0.231. The second-order valence-corrected chi connectivity index (χ2v) is 6.55. The van der Waals surface area contributed by atoms with Gasteiger partial charge in [0.05, 0.1) is 25.9 Å². The molecule has 0 fully saturated rings. The second kappa shape index (κ2) is 13.0. The highest BCUT2D eigenvalue weighted by Crippen LogP contribution is 2.19. The first-order valence-corrected chi connectivity index (χ1v) is 9.94. The summed E-state index contributed by atoms with van der Waals surface area (Å²) in [7, 11) is 0. The maximum Gasteiger partial charge on any atom is 0.123 e. The van der Waals surface area contributed by atoms with Gasteiger partial charge in [0.1, 0.15) is 37.1 Å². The summed E-state index contributed by atoms with van der Waals surface area (Å²) in [5.41, 5.74) is 1.30. The molecule has 0 aliphatic rings. The molecule has 0 bridgehead atoms. The molecule has 0 unspecified atom stereocenters. The molecule has 2 rings (SSSR count). The Balaban J connectivity index is 1.60. The third kappa shape index (κ3) is 9.11. The molecule has 0 spiro atoms. The average molecular weight is 389 g/mol. The molecule has 154 valence electrons. The van der Waals surface area contributed by atoms with E-state index >= 15 is 0 Å². The van der Waals surface area contributed by atoms with Crippen molar-refractivity contribution < 1.29 is 23.7 Å². The van der Waals surface area contributed by atoms with E-state index in [2.05, 4.69) is 19.1 Å². The van der Waals surface area contributed by atoms with Crippen LogP contribution in [-0.4, -0.2) is 45.7 Å². The minimum absolute atomic E-state index is 0.231. The SMILES string of the molecule is CCc1ccc(OCCOc2cccc(OCCOCCOC(C)C)c2)cc1. The summed E-state index contributed by atoms with van der Waals surface area (Å²) in [6.07, 6.45) is 1.26. The zero-order chi connectivity index (χ0) is 20.0. The van der Waals surface area contributed by atoms with Crippen LogP contribution in [0.4, 0.5) is 0 Å². The van der Waals surface area contributed by atoms with Crippen molar-refractivity contribution in [2.45, 2.75) is 33.3 Å². The Morgan fingerprint density at radius 3 is 1.86 bits per heavy atom. The summed E-state index contributed by atoms with van der Waals surface area (Å²) in [5.74, 6) is 2.38. The number of benzene rings is 2. The Kier molecular flexibility index (Phi) is 10.3. The molecule has 0 atom stereocenters. The Morgan fingerprint density at radius 2 is 1.25 bits per heavy atom. The molecule has 0 heterocycles. The van der Waals surface area contributed by atoms with Gasteiger partial charge in [-0.3, -0.25) is 0 Å². The van der Waals surface area contributed by atoms with Crippen LogP contribution in [0.25, 0.3) is 0 Å². The van der Waals surface area contributed by atoms with Gasteiger partial charge in [0.15, 0.2) is 0 Å². The first-order chi connectivity index (χ1) is 13.7. The van der Waals surface area contributed by atoms with E-state index < -0.39 is 0 Å². The van der Waals surface area contributed by atoms with Gasteiger partial charge in [-0.15, -0.1) is 0 Å². The molecule has 2 aromatic carbocycles. The molecule has 5 heteroatoms. The molecule has 0 aliphatic carbocycles. The molecule has 0 amide bonds. The smallest absolute Gasteiger partial charge is 0.123 e.